The van der Waals surface area contributed by atoms with Crippen LogP contribution in [0.3, 0.4) is 0 Å². The molecule has 72 valence electrons. The second-order valence-corrected chi connectivity index (χ2v) is 6.01. The molecule has 2 unspecified atom stereocenters. The highest BCUT2D eigenvalue weighted by molar-refractivity contribution is 7.90. The first kappa shape index (κ1) is 9.99. The Morgan fingerprint density at radius 1 is 1.42 bits per heavy atom. The normalized spacial score (nSPS) is 30.8. The lowest BCUT2D eigenvalue weighted by molar-refractivity contribution is 0.177. The van der Waals surface area contributed by atoms with Crippen molar-refractivity contribution < 1.29 is 13.5 Å². The van der Waals surface area contributed by atoms with Gasteiger partial charge >= 0.3 is 0 Å². The summed E-state index contributed by atoms with van der Waals surface area (Å²) in [4.78, 5) is 0. The van der Waals surface area contributed by atoms with Crippen LogP contribution in [0.4, 0.5) is 0 Å². The molecule has 0 spiro atoms. The van der Waals surface area contributed by atoms with Crippen molar-refractivity contribution in [1.82, 2.24) is 0 Å². The van der Waals surface area contributed by atoms with E-state index in [-0.39, 0.29) is 11.9 Å². The SMILES string of the molecule is CS(=O)(=O)CCC1CCC(O)C1. The number of sulfone groups is 1. The van der Waals surface area contributed by atoms with Gasteiger partial charge in [0.2, 0.25) is 0 Å². The molecule has 0 amide bonds. The van der Waals surface area contributed by atoms with Crippen molar-refractivity contribution in [2.45, 2.75) is 31.8 Å². The van der Waals surface area contributed by atoms with Crippen molar-refractivity contribution in [2.75, 3.05) is 12.0 Å². The fourth-order valence-electron chi connectivity index (χ4n) is 1.69. The zero-order valence-corrected chi connectivity index (χ0v) is 8.18. The fraction of sp³-hybridized carbons (Fsp3) is 1.00. The summed E-state index contributed by atoms with van der Waals surface area (Å²) in [5.41, 5.74) is 0. The average Bonchev–Trinajstić information content (AvgIpc) is 2.30. The molecule has 4 heteroatoms. The third-order valence-electron chi connectivity index (χ3n) is 2.41. The van der Waals surface area contributed by atoms with Gasteiger partial charge in [-0.05, 0) is 31.6 Å². The molecular formula is C8H16O3S. The Morgan fingerprint density at radius 2 is 2.08 bits per heavy atom. The van der Waals surface area contributed by atoms with Crippen molar-refractivity contribution in [3.8, 4) is 0 Å². The smallest absolute Gasteiger partial charge is 0.147 e. The highest BCUT2D eigenvalue weighted by Crippen LogP contribution is 2.28. The van der Waals surface area contributed by atoms with E-state index in [1.165, 1.54) is 6.26 Å². The highest BCUT2D eigenvalue weighted by atomic mass is 32.2. The van der Waals surface area contributed by atoms with Crippen molar-refractivity contribution in [3.63, 3.8) is 0 Å². The first-order valence-corrected chi connectivity index (χ1v) is 6.39. The monoisotopic (exact) mass is 192 g/mol. The van der Waals surface area contributed by atoms with Crippen LogP contribution in [0, 0.1) is 5.92 Å². The maximum absolute atomic E-state index is 10.8. The summed E-state index contributed by atoms with van der Waals surface area (Å²) < 4.78 is 21.6. The summed E-state index contributed by atoms with van der Waals surface area (Å²) in [7, 11) is -2.81. The molecule has 1 aliphatic carbocycles. The first-order valence-electron chi connectivity index (χ1n) is 4.33. The van der Waals surface area contributed by atoms with Gasteiger partial charge in [-0.3, -0.25) is 0 Å². The molecular weight excluding hydrogens is 176 g/mol. The standard InChI is InChI=1S/C8H16O3S/c1-12(10,11)5-4-7-2-3-8(9)6-7/h7-9H,2-6H2,1H3. The third kappa shape index (κ3) is 3.54. The van der Waals surface area contributed by atoms with Gasteiger partial charge in [0, 0.05) is 6.26 Å². The van der Waals surface area contributed by atoms with Gasteiger partial charge in [-0.2, -0.15) is 0 Å². The van der Waals surface area contributed by atoms with Gasteiger partial charge in [0.1, 0.15) is 9.84 Å². The van der Waals surface area contributed by atoms with Crippen molar-refractivity contribution in [3.05, 3.63) is 0 Å². The van der Waals surface area contributed by atoms with Gasteiger partial charge in [0.05, 0.1) is 11.9 Å². The van der Waals surface area contributed by atoms with Gasteiger partial charge in [0.25, 0.3) is 0 Å². The van der Waals surface area contributed by atoms with E-state index in [0.29, 0.717) is 5.92 Å². The molecule has 1 fully saturated rings. The molecule has 1 rings (SSSR count). The van der Waals surface area contributed by atoms with Crippen LogP contribution in [0.1, 0.15) is 25.7 Å². The van der Waals surface area contributed by atoms with E-state index in [2.05, 4.69) is 0 Å². The maximum Gasteiger partial charge on any atom is 0.147 e. The lowest BCUT2D eigenvalue weighted by Gasteiger charge is -2.06. The summed E-state index contributed by atoms with van der Waals surface area (Å²) >= 11 is 0. The van der Waals surface area contributed by atoms with Gasteiger partial charge < -0.3 is 5.11 Å². The summed E-state index contributed by atoms with van der Waals surface area (Å²) in [6.07, 6.45) is 4.41. The molecule has 1 N–H and O–H groups in total. The molecule has 0 heterocycles. The summed E-state index contributed by atoms with van der Waals surface area (Å²) in [6, 6.07) is 0. The van der Waals surface area contributed by atoms with Crippen LogP contribution in [-0.2, 0) is 9.84 Å². The van der Waals surface area contributed by atoms with Crippen molar-refractivity contribution in [1.29, 1.82) is 0 Å². The molecule has 0 radical (unpaired) electrons. The fourth-order valence-corrected chi connectivity index (χ4v) is 2.45. The highest BCUT2D eigenvalue weighted by Gasteiger charge is 2.23. The largest absolute Gasteiger partial charge is 0.393 e. The predicted octanol–water partition coefficient (Wildman–Crippen LogP) is 0.582. The molecule has 1 aliphatic rings. The second-order valence-electron chi connectivity index (χ2n) is 3.75. The van der Waals surface area contributed by atoms with Crippen LogP contribution in [0.25, 0.3) is 0 Å². The molecule has 0 bridgehead atoms. The van der Waals surface area contributed by atoms with Crippen LogP contribution in [0.15, 0.2) is 0 Å². The van der Waals surface area contributed by atoms with E-state index >= 15 is 0 Å². The lowest BCUT2D eigenvalue weighted by atomic mass is 10.1. The van der Waals surface area contributed by atoms with Crippen LogP contribution in [-0.4, -0.2) is 31.6 Å². The first-order chi connectivity index (χ1) is 5.47. The Bertz CT molecular complexity index is 233. The molecule has 0 saturated heterocycles. The van der Waals surface area contributed by atoms with Crippen LogP contribution in [0.2, 0.25) is 0 Å². The van der Waals surface area contributed by atoms with Gasteiger partial charge in [0.15, 0.2) is 0 Å². The Morgan fingerprint density at radius 3 is 2.50 bits per heavy atom. The maximum atomic E-state index is 10.8. The number of rotatable bonds is 3. The van der Waals surface area contributed by atoms with Crippen molar-refractivity contribution >= 4 is 9.84 Å². The Balaban J connectivity index is 2.25. The van der Waals surface area contributed by atoms with Gasteiger partial charge in [-0.25, -0.2) is 8.42 Å². The summed E-state index contributed by atoms with van der Waals surface area (Å²) in [5, 5.41) is 9.18. The zero-order valence-electron chi connectivity index (χ0n) is 7.36. The average molecular weight is 192 g/mol. The van der Waals surface area contributed by atoms with E-state index in [9.17, 15) is 13.5 Å². The summed E-state index contributed by atoms with van der Waals surface area (Å²) in [5.74, 6) is 0.694. The third-order valence-corrected chi connectivity index (χ3v) is 3.39. The quantitative estimate of drug-likeness (QED) is 0.711. The van der Waals surface area contributed by atoms with Crippen LogP contribution in [0.5, 0.6) is 0 Å². The zero-order chi connectivity index (χ0) is 9.19. The topological polar surface area (TPSA) is 54.4 Å². The van der Waals surface area contributed by atoms with Crippen LogP contribution >= 0.6 is 0 Å². The minimum atomic E-state index is -2.81. The van der Waals surface area contributed by atoms with Gasteiger partial charge in [-0.1, -0.05) is 0 Å². The number of hydrogen-bond acceptors (Lipinski definition) is 3. The van der Waals surface area contributed by atoms with E-state index < -0.39 is 9.84 Å². The van der Waals surface area contributed by atoms with E-state index in [0.717, 1.165) is 25.7 Å². The number of hydrogen-bond donors (Lipinski definition) is 1. The molecule has 0 aromatic carbocycles. The summed E-state index contributed by atoms with van der Waals surface area (Å²) in [6.45, 7) is 0. The van der Waals surface area contributed by atoms with E-state index in [4.69, 9.17) is 0 Å². The molecule has 0 aromatic heterocycles. The van der Waals surface area contributed by atoms with Crippen LogP contribution < -0.4 is 0 Å². The predicted molar refractivity (Wildman–Crippen MR) is 47.7 cm³/mol. The second kappa shape index (κ2) is 3.75. The molecule has 3 nitrogen and oxygen atoms in total. The Labute approximate surface area is 73.7 Å². The molecule has 1 saturated carbocycles. The van der Waals surface area contributed by atoms with E-state index in [1.807, 2.05) is 0 Å². The van der Waals surface area contributed by atoms with Gasteiger partial charge in [-0.15, -0.1) is 0 Å². The minimum Gasteiger partial charge on any atom is -0.393 e. The lowest BCUT2D eigenvalue weighted by Crippen LogP contribution is -2.08. The molecule has 2 atom stereocenters. The number of aliphatic hydroxyl groups is 1. The Hall–Kier alpha value is -0.0900. The molecule has 0 aliphatic heterocycles. The Kier molecular flexibility index (Phi) is 3.12. The van der Waals surface area contributed by atoms with Crippen molar-refractivity contribution in [2.24, 2.45) is 5.92 Å². The molecule has 0 aromatic rings. The van der Waals surface area contributed by atoms with E-state index in [1.54, 1.807) is 0 Å². The molecule has 12 heavy (non-hydrogen) atoms. The number of aliphatic hydroxyl groups excluding tert-OH is 1. The minimum absolute atomic E-state index is 0.186.